The number of hydrogen-bond donors (Lipinski definition) is 3. The van der Waals surface area contributed by atoms with E-state index in [4.69, 9.17) is 5.73 Å². The second-order valence-corrected chi connectivity index (χ2v) is 8.42. The first kappa shape index (κ1) is 18.3. The second-order valence-electron chi connectivity index (χ2n) is 6.74. The van der Waals surface area contributed by atoms with Crippen molar-refractivity contribution in [3.63, 3.8) is 0 Å². The Morgan fingerprint density at radius 1 is 1.27 bits per heavy atom. The molecular formula is C18H22N4O3S. The zero-order valence-corrected chi connectivity index (χ0v) is 15.3. The highest BCUT2D eigenvalue weighted by atomic mass is 32.2. The summed E-state index contributed by atoms with van der Waals surface area (Å²) >= 11 is 0. The highest BCUT2D eigenvalue weighted by molar-refractivity contribution is 7.89. The average molecular weight is 374 g/mol. The molecule has 8 heteroatoms. The highest BCUT2D eigenvalue weighted by Crippen LogP contribution is 2.36. The topological polar surface area (TPSA) is 114 Å². The number of amides is 1. The largest absolute Gasteiger partial charge is 0.398 e. The lowest BCUT2D eigenvalue weighted by Gasteiger charge is -2.14. The molecule has 0 unspecified atom stereocenters. The van der Waals surface area contributed by atoms with Gasteiger partial charge < -0.3 is 11.1 Å². The van der Waals surface area contributed by atoms with Gasteiger partial charge in [0, 0.05) is 36.1 Å². The minimum atomic E-state index is -3.69. The molecule has 4 N–H and O–H groups in total. The van der Waals surface area contributed by atoms with Crippen LogP contribution >= 0.6 is 0 Å². The van der Waals surface area contributed by atoms with Crippen LogP contribution in [-0.2, 0) is 16.4 Å². The van der Waals surface area contributed by atoms with Crippen LogP contribution in [-0.4, -0.2) is 31.4 Å². The number of nitrogens with two attached hydrogens (primary N) is 1. The van der Waals surface area contributed by atoms with Gasteiger partial charge in [-0.3, -0.25) is 9.78 Å². The molecule has 1 heterocycles. The number of carbonyl (C=O) groups is 1. The Hall–Kier alpha value is -2.45. The Morgan fingerprint density at radius 3 is 2.69 bits per heavy atom. The number of pyridine rings is 1. The Balaban J connectivity index is 1.69. The van der Waals surface area contributed by atoms with Crippen molar-refractivity contribution in [2.24, 2.45) is 0 Å². The summed E-state index contributed by atoms with van der Waals surface area (Å²) in [5, 5.41) is 2.75. The van der Waals surface area contributed by atoms with Crippen LogP contribution in [0.4, 0.5) is 5.69 Å². The maximum atomic E-state index is 12.5. The average Bonchev–Trinajstić information content (AvgIpc) is 3.31. The predicted molar refractivity (Wildman–Crippen MR) is 99.1 cm³/mol. The van der Waals surface area contributed by atoms with E-state index in [1.807, 2.05) is 25.1 Å². The third kappa shape index (κ3) is 4.39. The third-order valence-electron chi connectivity index (χ3n) is 4.35. The van der Waals surface area contributed by atoms with Crippen molar-refractivity contribution >= 4 is 21.6 Å². The Bertz CT molecular complexity index is 909. The number of anilines is 1. The first-order valence-corrected chi connectivity index (χ1v) is 9.89. The summed E-state index contributed by atoms with van der Waals surface area (Å²) in [5.74, 6) is -0.409. The molecule has 1 aromatic heterocycles. The lowest BCUT2D eigenvalue weighted by atomic mass is 10.1. The van der Waals surface area contributed by atoms with Crippen LogP contribution in [0.5, 0.6) is 0 Å². The molecule has 1 saturated carbocycles. The quantitative estimate of drug-likeness (QED) is 0.635. The van der Waals surface area contributed by atoms with E-state index in [1.165, 1.54) is 18.2 Å². The van der Waals surface area contributed by atoms with Gasteiger partial charge in [-0.2, -0.15) is 0 Å². The fraction of sp³-hybridized carbons (Fsp3) is 0.333. The number of hydrogen-bond acceptors (Lipinski definition) is 5. The number of nitrogen functional groups attached to an aromatic ring is 1. The molecule has 0 saturated heterocycles. The summed E-state index contributed by atoms with van der Waals surface area (Å²) in [4.78, 5) is 16.6. The molecule has 1 amide bonds. The maximum absolute atomic E-state index is 12.5. The summed E-state index contributed by atoms with van der Waals surface area (Å²) < 4.78 is 27.6. The molecule has 1 aromatic carbocycles. The number of benzene rings is 1. The van der Waals surface area contributed by atoms with Gasteiger partial charge in [-0.15, -0.1) is 0 Å². The molecular weight excluding hydrogens is 352 g/mol. The van der Waals surface area contributed by atoms with Crippen LogP contribution in [0.2, 0.25) is 0 Å². The molecule has 7 nitrogen and oxygen atoms in total. The summed E-state index contributed by atoms with van der Waals surface area (Å²) in [6, 6.07) is 9.75. The van der Waals surface area contributed by atoms with Crippen molar-refractivity contribution in [3.8, 4) is 0 Å². The van der Waals surface area contributed by atoms with Crippen molar-refractivity contribution in [2.75, 3.05) is 12.3 Å². The lowest BCUT2D eigenvalue weighted by Crippen LogP contribution is -2.34. The van der Waals surface area contributed by atoms with Crippen molar-refractivity contribution < 1.29 is 13.2 Å². The Labute approximate surface area is 153 Å². The SMILES string of the molecule is CC1(NS(=O)(=O)c2ccc(N)c(C(=O)NCCc3ccccn3)c2)CC1. The normalized spacial score (nSPS) is 15.4. The first-order chi connectivity index (χ1) is 12.3. The van der Waals surface area contributed by atoms with Crippen LogP contribution < -0.4 is 15.8 Å². The van der Waals surface area contributed by atoms with Crippen LogP contribution in [0.3, 0.4) is 0 Å². The summed E-state index contributed by atoms with van der Waals surface area (Å²) in [6.45, 7) is 2.23. The molecule has 1 aliphatic carbocycles. The zero-order valence-electron chi connectivity index (χ0n) is 14.5. The fourth-order valence-corrected chi connectivity index (χ4v) is 4.01. The van der Waals surface area contributed by atoms with E-state index in [0.717, 1.165) is 18.5 Å². The number of rotatable bonds is 7. The monoisotopic (exact) mass is 374 g/mol. The van der Waals surface area contributed by atoms with Gasteiger partial charge in [0.05, 0.1) is 10.5 Å². The van der Waals surface area contributed by atoms with Gasteiger partial charge in [0.15, 0.2) is 0 Å². The van der Waals surface area contributed by atoms with Gasteiger partial charge in [-0.1, -0.05) is 6.07 Å². The predicted octanol–water partition coefficient (Wildman–Crippen LogP) is 1.47. The van der Waals surface area contributed by atoms with E-state index in [9.17, 15) is 13.2 Å². The van der Waals surface area contributed by atoms with E-state index in [-0.39, 0.29) is 21.7 Å². The molecule has 3 rings (SSSR count). The molecule has 138 valence electrons. The van der Waals surface area contributed by atoms with E-state index in [1.54, 1.807) is 6.20 Å². The van der Waals surface area contributed by atoms with Gasteiger partial charge in [-0.25, -0.2) is 13.1 Å². The number of sulfonamides is 1. The molecule has 1 aliphatic rings. The standard InChI is InChI=1S/C18H22N4O3S/c1-18(8-9-18)22-26(24,25)14-5-6-16(19)15(12-14)17(23)21-11-7-13-4-2-3-10-20-13/h2-6,10,12,22H,7-9,11,19H2,1H3,(H,21,23). The van der Waals surface area contributed by atoms with E-state index >= 15 is 0 Å². The van der Waals surface area contributed by atoms with Gasteiger partial charge in [0.2, 0.25) is 10.0 Å². The van der Waals surface area contributed by atoms with E-state index < -0.39 is 15.9 Å². The Morgan fingerprint density at radius 2 is 2.04 bits per heavy atom. The van der Waals surface area contributed by atoms with Crippen molar-refractivity contribution in [2.45, 2.75) is 36.6 Å². The fourth-order valence-electron chi connectivity index (χ4n) is 2.52. The third-order valence-corrected chi connectivity index (χ3v) is 5.99. The summed E-state index contributed by atoms with van der Waals surface area (Å²) in [5.41, 5.74) is 6.73. The number of nitrogens with one attached hydrogen (secondary N) is 2. The highest BCUT2D eigenvalue weighted by Gasteiger charge is 2.41. The van der Waals surface area contributed by atoms with Crippen LogP contribution in [0.1, 0.15) is 35.8 Å². The van der Waals surface area contributed by atoms with Crippen molar-refractivity contribution in [1.82, 2.24) is 15.0 Å². The molecule has 0 spiro atoms. The number of aromatic nitrogens is 1. The van der Waals surface area contributed by atoms with E-state index in [0.29, 0.717) is 13.0 Å². The molecule has 0 aliphatic heterocycles. The molecule has 0 atom stereocenters. The zero-order chi connectivity index (χ0) is 18.8. The minimum absolute atomic E-state index is 0.0368. The molecule has 1 fully saturated rings. The van der Waals surface area contributed by atoms with Gasteiger partial charge in [0.1, 0.15) is 0 Å². The van der Waals surface area contributed by atoms with Gasteiger partial charge >= 0.3 is 0 Å². The van der Waals surface area contributed by atoms with Crippen LogP contribution in [0.25, 0.3) is 0 Å². The van der Waals surface area contributed by atoms with Gasteiger partial charge in [-0.05, 0) is 50.1 Å². The second kappa shape index (κ2) is 7.05. The van der Waals surface area contributed by atoms with E-state index in [2.05, 4.69) is 15.0 Å². The molecule has 26 heavy (non-hydrogen) atoms. The maximum Gasteiger partial charge on any atom is 0.253 e. The number of carbonyl (C=O) groups excluding carboxylic acids is 1. The summed E-state index contributed by atoms with van der Waals surface area (Å²) in [7, 11) is -3.69. The van der Waals surface area contributed by atoms with Crippen molar-refractivity contribution in [1.29, 1.82) is 0 Å². The summed E-state index contributed by atoms with van der Waals surface area (Å²) in [6.07, 6.45) is 3.88. The van der Waals surface area contributed by atoms with Crippen LogP contribution in [0.15, 0.2) is 47.5 Å². The minimum Gasteiger partial charge on any atom is -0.398 e. The Kier molecular flexibility index (Phi) is 4.97. The first-order valence-electron chi connectivity index (χ1n) is 8.41. The number of nitrogens with zero attached hydrogens (tertiary/aromatic N) is 1. The van der Waals surface area contributed by atoms with Crippen LogP contribution in [0, 0.1) is 0 Å². The smallest absolute Gasteiger partial charge is 0.253 e. The lowest BCUT2D eigenvalue weighted by molar-refractivity contribution is 0.0954. The molecule has 0 bridgehead atoms. The van der Waals surface area contributed by atoms with Gasteiger partial charge in [0.25, 0.3) is 5.91 Å². The molecule has 2 aromatic rings. The molecule has 0 radical (unpaired) electrons. The van der Waals surface area contributed by atoms with Crippen molar-refractivity contribution in [3.05, 3.63) is 53.9 Å².